The van der Waals surface area contributed by atoms with Gasteiger partial charge < -0.3 is 0 Å². The number of hydrogen-bond acceptors (Lipinski definition) is 8. The minimum Gasteiger partial charge on any atom is -0.255 e. The van der Waals surface area contributed by atoms with Crippen LogP contribution in [0, 0.1) is 39.0 Å². The van der Waals surface area contributed by atoms with E-state index in [0.29, 0.717) is 5.56 Å². The van der Waals surface area contributed by atoms with Gasteiger partial charge in [0.15, 0.2) is 0 Å². The number of nitriles is 1. The minimum atomic E-state index is 0.652. The summed E-state index contributed by atoms with van der Waals surface area (Å²) in [5, 5.41) is 11.0. The van der Waals surface area contributed by atoms with Crippen LogP contribution in [-0.2, 0) is 0 Å². The lowest BCUT2D eigenvalue weighted by atomic mass is 10.1. The van der Waals surface area contributed by atoms with E-state index in [2.05, 4.69) is 41.0 Å². The maximum absolute atomic E-state index is 8.79. The normalized spacial score (nSPS) is 8.41. The zero-order valence-corrected chi connectivity index (χ0v) is 29.8. The summed E-state index contributed by atoms with van der Waals surface area (Å²) in [7, 11) is 0. The Morgan fingerprint density at radius 3 is 1.35 bits per heavy atom. The van der Waals surface area contributed by atoms with Crippen LogP contribution in [0.15, 0.2) is 98.2 Å². The molecule has 0 aliphatic rings. The second-order valence-electron chi connectivity index (χ2n) is 8.10. The molecule has 0 unspecified atom stereocenters. The highest BCUT2D eigenvalue weighted by Gasteiger charge is 2.02. The molecule has 4 heterocycles. The van der Waals surface area contributed by atoms with Crippen molar-refractivity contribution in [3.05, 3.63) is 126 Å². The summed E-state index contributed by atoms with van der Waals surface area (Å²) in [4.78, 5) is 27.6. The third-order valence-corrected chi connectivity index (χ3v) is 5.37. The topological polar surface area (TPSA) is 114 Å². The van der Waals surface area contributed by atoms with E-state index in [9.17, 15) is 0 Å². The van der Waals surface area contributed by atoms with Gasteiger partial charge in [0.25, 0.3) is 0 Å². The molecule has 6 rings (SSSR count). The van der Waals surface area contributed by atoms with Crippen molar-refractivity contribution < 1.29 is 0 Å². The number of hydrogen-bond donors (Lipinski definition) is 0. The molecule has 0 spiro atoms. The zero-order chi connectivity index (χ0) is 35.2. The average Bonchev–Trinajstić information content (AvgIpc) is 3.14. The smallest absolute Gasteiger partial charge is 0.116 e. The number of nitrogens with zero attached hydrogens (tertiary/aromatic N) is 8. The fourth-order valence-corrected chi connectivity index (χ4v) is 3.25. The van der Waals surface area contributed by atoms with Gasteiger partial charge in [0.05, 0.1) is 16.6 Å². The van der Waals surface area contributed by atoms with Crippen molar-refractivity contribution >= 4 is 21.8 Å². The summed E-state index contributed by atoms with van der Waals surface area (Å²) in [6, 6.07) is 21.7. The molecule has 2 aromatic carbocycles. The van der Waals surface area contributed by atoms with Crippen molar-refractivity contribution in [3.63, 3.8) is 0 Å². The van der Waals surface area contributed by atoms with Gasteiger partial charge in [-0.05, 0) is 57.5 Å². The van der Waals surface area contributed by atoms with Gasteiger partial charge in [0.1, 0.15) is 25.1 Å². The molecular weight excluding hydrogens is 568 g/mol. The van der Waals surface area contributed by atoms with E-state index in [-0.39, 0.29) is 0 Å². The minimum absolute atomic E-state index is 0.652. The fraction of sp³-hybridized carbons (Fsp3) is 0.316. The second kappa shape index (κ2) is 28.6. The SMILES string of the molecule is CC.CC.CC.CC.Cc1c(C#N)cnc2ccccc12.Cc1ccncn1.Cc1ccncn1.Cc1ncnc2ccccc12. The molecule has 244 valence electrons. The number of pyridine rings is 1. The molecule has 8 heteroatoms. The van der Waals surface area contributed by atoms with Crippen molar-refractivity contribution in [2.45, 2.75) is 83.1 Å². The van der Waals surface area contributed by atoms with Crippen LogP contribution in [-0.4, -0.2) is 34.9 Å². The van der Waals surface area contributed by atoms with Gasteiger partial charge in [-0.3, -0.25) is 4.98 Å². The standard InChI is InChI=1S/C11H8N2.C9H8N2.2C5H6N2.4C2H6/c1-8-9(6-12)7-13-11-5-3-2-4-10(8)11;1-7-8-4-2-3-5-9(8)11-6-10-7;2*1-5-2-3-6-4-7-5;4*1-2/h2-5,7H,1H3;2-6H,1H3;2*2-4H,1H3;4*1-2H3. The van der Waals surface area contributed by atoms with Gasteiger partial charge in [0.2, 0.25) is 0 Å². The molecule has 0 N–H and O–H groups in total. The Labute approximate surface area is 277 Å². The fourth-order valence-electron chi connectivity index (χ4n) is 3.25. The lowest BCUT2D eigenvalue weighted by Crippen LogP contribution is -1.87. The number of fused-ring (bicyclic) bond motifs is 2. The molecular formula is C38H52N8. The van der Waals surface area contributed by atoms with Crippen LogP contribution in [0.5, 0.6) is 0 Å². The highest BCUT2D eigenvalue weighted by Crippen LogP contribution is 2.18. The van der Waals surface area contributed by atoms with E-state index in [1.165, 1.54) is 12.7 Å². The average molecular weight is 621 g/mol. The Balaban J connectivity index is 0. The lowest BCUT2D eigenvalue weighted by molar-refractivity contribution is 1.10. The second-order valence-corrected chi connectivity index (χ2v) is 8.10. The molecule has 46 heavy (non-hydrogen) atoms. The highest BCUT2D eigenvalue weighted by atomic mass is 14.8. The molecule has 0 saturated carbocycles. The number of rotatable bonds is 0. The summed E-state index contributed by atoms with van der Waals surface area (Å²) in [6.07, 6.45) is 9.74. The zero-order valence-electron chi connectivity index (χ0n) is 29.8. The van der Waals surface area contributed by atoms with E-state index in [1.807, 2.05) is 144 Å². The van der Waals surface area contributed by atoms with Crippen molar-refractivity contribution in [3.8, 4) is 6.07 Å². The number of benzene rings is 2. The van der Waals surface area contributed by atoms with Gasteiger partial charge in [0, 0.05) is 46.4 Å². The summed E-state index contributed by atoms with van der Waals surface area (Å²) >= 11 is 0. The van der Waals surface area contributed by atoms with E-state index in [1.54, 1.807) is 24.9 Å². The number of aryl methyl sites for hydroxylation is 4. The summed E-state index contributed by atoms with van der Waals surface area (Å²) in [5.41, 5.74) is 6.67. The Hall–Kier alpha value is -5.16. The Morgan fingerprint density at radius 1 is 0.500 bits per heavy atom. The van der Waals surface area contributed by atoms with Crippen LogP contribution >= 0.6 is 0 Å². The molecule has 0 aliphatic carbocycles. The predicted octanol–water partition coefficient (Wildman–Crippen LogP) is 10.0. The highest BCUT2D eigenvalue weighted by molar-refractivity contribution is 5.83. The van der Waals surface area contributed by atoms with Gasteiger partial charge in [-0.2, -0.15) is 5.26 Å². The summed E-state index contributed by atoms with van der Waals surface area (Å²) in [6.45, 7) is 23.8. The molecule has 0 aliphatic heterocycles. The van der Waals surface area contributed by atoms with Crippen LogP contribution in [0.25, 0.3) is 21.8 Å². The largest absolute Gasteiger partial charge is 0.255 e. The van der Waals surface area contributed by atoms with E-state index in [0.717, 1.165) is 44.5 Å². The molecule has 0 saturated heterocycles. The van der Waals surface area contributed by atoms with Gasteiger partial charge in [-0.25, -0.2) is 29.9 Å². The third-order valence-electron chi connectivity index (χ3n) is 5.37. The Bertz CT molecular complexity index is 1570. The number of para-hydroxylation sites is 2. The molecule has 0 fully saturated rings. The lowest BCUT2D eigenvalue weighted by Gasteiger charge is -2.01. The Morgan fingerprint density at radius 2 is 0.957 bits per heavy atom. The van der Waals surface area contributed by atoms with E-state index < -0.39 is 0 Å². The first kappa shape index (κ1) is 43.0. The monoisotopic (exact) mass is 620 g/mol. The maximum atomic E-state index is 8.79. The van der Waals surface area contributed by atoms with E-state index in [4.69, 9.17) is 5.26 Å². The van der Waals surface area contributed by atoms with Crippen LogP contribution in [0.1, 0.15) is 83.6 Å². The van der Waals surface area contributed by atoms with Crippen LogP contribution in [0.2, 0.25) is 0 Å². The van der Waals surface area contributed by atoms with E-state index >= 15 is 0 Å². The first-order chi connectivity index (χ1) is 22.5. The van der Waals surface area contributed by atoms with Gasteiger partial charge >= 0.3 is 0 Å². The summed E-state index contributed by atoms with van der Waals surface area (Å²) < 4.78 is 0. The van der Waals surface area contributed by atoms with Crippen molar-refractivity contribution in [2.24, 2.45) is 0 Å². The first-order valence-corrected chi connectivity index (χ1v) is 15.9. The molecule has 0 atom stereocenters. The molecule has 6 aromatic rings. The number of aromatic nitrogens is 7. The van der Waals surface area contributed by atoms with Crippen molar-refractivity contribution in [1.82, 2.24) is 34.9 Å². The molecule has 0 amide bonds. The molecule has 0 radical (unpaired) electrons. The summed E-state index contributed by atoms with van der Waals surface area (Å²) in [5.74, 6) is 0. The maximum Gasteiger partial charge on any atom is 0.116 e. The first-order valence-electron chi connectivity index (χ1n) is 15.9. The van der Waals surface area contributed by atoms with Crippen molar-refractivity contribution in [1.29, 1.82) is 5.26 Å². The molecule has 4 aromatic heterocycles. The Kier molecular flexibility index (Phi) is 26.7. The van der Waals surface area contributed by atoms with Gasteiger partial charge in [-0.15, -0.1) is 0 Å². The molecule has 8 nitrogen and oxygen atoms in total. The third kappa shape index (κ3) is 16.6. The van der Waals surface area contributed by atoms with Crippen molar-refractivity contribution in [2.75, 3.05) is 0 Å². The predicted molar refractivity (Wildman–Crippen MR) is 194 cm³/mol. The van der Waals surface area contributed by atoms with Gasteiger partial charge in [-0.1, -0.05) is 91.8 Å². The quantitative estimate of drug-likeness (QED) is 0.165. The molecule has 0 bridgehead atoms. The van der Waals surface area contributed by atoms with Crippen LogP contribution in [0.4, 0.5) is 0 Å². The van der Waals surface area contributed by atoms with Crippen LogP contribution in [0.3, 0.4) is 0 Å². The van der Waals surface area contributed by atoms with Crippen LogP contribution < -0.4 is 0 Å².